The van der Waals surface area contributed by atoms with E-state index in [-0.39, 0.29) is 47.0 Å². The number of carbonyl (C=O) groups is 1. The van der Waals surface area contributed by atoms with Gasteiger partial charge in [0.2, 0.25) is 5.88 Å². The lowest BCUT2D eigenvalue weighted by Crippen LogP contribution is -2.41. The molecule has 2 fully saturated rings. The van der Waals surface area contributed by atoms with Crippen molar-refractivity contribution in [1.82, 2.24) is 29.8 Å². The van der Waals surface area contributed by atoms with E-state index >= 15 is 0 Å². The highest BCUT2D eigenvalue weighted by atomic mass is 32.2. The summed E-state index contributed by atoms with van der Waals surface area (Å²) < 4.78 is 75.3. The molecule has 5 heterocycles. The third-order valence-corrected chi connectivity index (χ3v) is 9.54. The number of pyridine rings is 2. The smallest absolute Gasteiger partial charge is 0.397 e. The van der Waals surface area contributed by atoms with E-state index in [1.54, 1.807) is 12.1 Å². The van der Waals surface area contributed by atoms with Crippen LogP contribution in [-0.4, -0.2) is 78.1 Å². The minimum Gasteiger partial charge on any atom is -0.476 e. The molecule has 3 aromatic heterocycles. The molecule has 0 spiro atoms. The second-order valence-electron chi connectivity index (χ2n) is 12.1. The molecule has 1 saturated heterocycles. The van der Waals surface area contributed by atoms with Gasteiger partial charge in [0.05, 0.1) is 5.56 Å². The number of nitrogens with zero attached hydrogens (tertiary/aromatic N) is 5. The van der Waals surface area contributed by atoms with Crippen LogP contribution in [0, 0.1) is 5.41 Å². The fraction of sp³-hybridized carbons (Fsp3) is 0.500. The fourth-order valence-corrected chi connectivity index (χ4v) is 6.53. The number of anilines is 2. The predicted octanol–water partition coefficient (Wildman–Crippen LogP) is 3.26. The molecule has 12 nitrogen and oxygen atoms in total. The molecular weight excluding hydrogens is 601 g/mol. The number of hydrogen-bond acceptors (Lipinski definition) is 10. The van der Waals surface area contributed by atoms with Crippen LogP contribution in [0.15, 0.2) is 47.6 Å². The summed E-state index contributed by atoms with van der Waals surface area (Å²) in [6.07, 6.45) is -1.32. The van der Waals surface area contributed by atoms with Crippen molar-refractivity contribution in [3.05, 3.63) is 48.2 Å². The molecule has 2 aliphatic heterocycles. The van der Waals surface area contributed by atoms with Gasteiger partial charge < -0.3 is 20.3 Å². The highest BCUT2D eigenvalue weighted by Crippen LogP contribution is 2.57. The van der Waals surface area contributed by atoms with Crippen molar-refractivity contribution < 1.29 is 31.1 Å². The Morgan fingerprint density at radius 1 is 1.09 bits per heavy atom. The summed E-state index contributed by atoms with van der Waals surface area (Å²) in [6, 6.07) is 8.96. The van der Waals surface area contributed by atoms with Gasteiger partial charge in [-0.2, -0.15) is 21.6 Å². The van der Waals surface area contributed by atoms with E-state index in [1.165, 1.54) is 35.1 Å². The number of hydrogen-bond donors (Lipinski definition) is 3. The average molecular weight is 635 g/mol. The van der Waals surface area contributed by atoms with Crippen molar-refractivity contribution in [3.63, 3.8) is 0 Å². The van der Waals surface area contributed by atoms with E-state index in [0.29, 0.717) is 25.5 Å². The number of amides is 1. The Kier molecular flexibility index (Phi) is 7.47. The van der Waals surface area contributed by atoms with Crippen molar-refractivity contribution in [2.45, 2.75) is 62.3 Å². The maximum Gasteiger partial charge on any atom is 0.397 e. The van der Waals surface area contributed by atoms with Gasteiger partial charge >= 0.3 is 6.18 Å². The lowest BCUT2D eigenvalue weighted by Gasteiger charge is -2.33. The summed E-state index contributed by atoms with van der Waals surface area (Å²) in [7, 11) is -4.33. The van der Waals surface area contributed by atoms with Crippen molar-refractivity contribution in [3.8, 4) is 11.7 Å². The molecule has 3 N–H and O–H groups in total. The second kappa shape index (κ2) is 10.9. The number of alkyl halides is 3. The molecule has 44 heavy (non-hydrogen) atoms. The normalized spacial score (nSPS) is 22.4. The van der Waals surface area contributed by atoms with E-state index in [2.05, 4.69) is 25.4 Å². The third kappa shape index (κ3) is 5.92. The molecule has 1 saturated carbocycles. The SMILES string of the molecule is CC1(C)CC2CN1c1nc(-n3ccc(OCC4(C(F)(F)F)CC4)n3)ccc1C(=O)NS(=O)(=O)c1cccc(n1)NCCCN2. The van der Waals surface area contributed by atoms with Gasteiger partial charge in [-0.1, -0.05) is 6.07 Å². The van der Waals surface area contributed by atoms with E-state index in [9.17, 15) is 26.4 Å². The van der Waals surface area contributed by atoms with Crippen LogP contribution in [0.5, 0.6) is 5.88 Å². The average Bonchev–Trinajstić information content (AvgIpc) is 3.52. The molecule has 4 bridgehead atoms. The highest BCUT2D eigenvalue weighted by molar-refractivity contribution is 7.90. The first-order chi connectivity index (χ1) is 20.8. The molecule has 1 amide bonds. The largest absolute Gasteiger partial charge is 0.476 e. The highest BCUT2D eigenvalue weighted by Gasteiger charge is 2.64. The number of carbonyl (C=O) groups excluding carboxylic acids is 1. The molecule has 236 valence electrons. The Bertz CT molecular complexity index is 1670. The first-order valence-corrected chi connectivity index (χ1v) is 15.8. The number of halogens is 3. The van der Waals surface area contributed by atoms with E-state index in [1.807, 2.05) is 18.7 Å². The van der Waals surface area contributed by atoms with Crippen LogP contribution in [-0.2, 0) is 10.0 Å². The zero-order chi connectivity index (χ0) is 31.3. The van der Waals surface area contributed by atoms with Gasteiger partial charge in [-0.25, -0.2) is 19.4 Å². The summed E-state index contributed by atoms with van der Waals surface area (Å²) in [5, 5.41) is 10.6. The standard InChI is InChI=1S/C28H33F3N8O4S/c1-26(2)15-18-16-38(26)24-19(25(40)37-44(41,42)23-6-3-5-20(34-23)33-13-4-12-32-18)7-8-21(35-24)39-14-9-22(36-39)43-17-27(10-11-27)28(29,30)31/h3,5-9,14,18,32H,4,10-13,15-17H2,1-2H3,(H,33,34)(H,37,40). The second-order valence-corrected chi connectivity index (χ2v) is 13.7. The Balaban J connectivity index is 1.34. The minimum absolute atomic E-state index is 0.00761. The van der Waals surface area contributed by atoms with Crippen LogP contribution in [0.3, 0.4) is 0 Å². The summed E-state index contributed by atoms with van der Waals surface area (Å²) in [5.41, 5.74) is -2.28. The number of nitrogens with one attached hydrogen (secondary N) is 3. The van der Waals surface area contributed by atoms with Crippen LogP contribution in [0.1, 0.15) is 49.9 Å². The van der Waals surface area contributed by atoms with Crippen LogP contribution in [0.25, 0.3) is 5.82 Å². The van der Waals surface area contributed by atoms with Gasteiger partial charge in [0.25, 0.3) is 15.9 Å². The van der Waals surface area contributed by atoms with Gasteiger partial charge in [0.1, 0.15) is 23.7 Å². The molecule has 1 atom stereocenters. The molecule has 1 aliphatic carbocycles. The van der Waals surface area contributed by atoms with Crippen molar-refractivity contribution in [2.75, 3.05) is 36.5 Å². The van der Waals surface area contributed by atoms with Crippen LogP contribution in [0.4, 0.5) is 24.8 Å². The Hall–Kier alpha value is -3.92. The molecule has 3 aliphatic rings. The topological polar surface area (TPSA) is 143 Å². The van der Waals surface area contributed by atoms with Gasteiger partial charge in [-0.05, 0) is 70.3 Å². The Morgan fingerprint density at radius 3 is 2.64 bits per heavy atom. The van der Waals surface area contributed by atoms with Crippen LogP contribution < -0.4 is 25.0 Å². The molecule has 3 aromatic rings. The molecule has 0 aromatic carbocycles. The van der Waals surface area contributed by atoms with Crippen molar-refractivity contribution in [2.24, 2.45) is 5.41 Å². The van der Waals surface area contributed by atoms with E-state index in [4.69, 9.17) is 9.72 Å². The number of sulfonamides is 1. The number of aromatic nitrogens is 4. The van der Waals surface area contributed by atoms with Crippen LogP contribution >= 0.6 is 0 Å². The van der Waals surface area contributed by atoms with Gasteiger partial charge in [-0.15, -0.1) is 5.10 Å². The number of fused-ring (bicyclic) bond motifs is 6. The summed E-state index contributed by atoms with van der Waals surface area (Å²) >= 11 is 0. The molecule has 6 rings (SSSR count). The minimum atomic E-state index is -4.35. The maximum atomic E-state index is 13.6. The fourth-order valence-electron chi connectivity index (χ4n) is 5.59. The van der Waals surface area contributed by atoms with Gasteiger partial charge in [0, 0.05) is 36.9 Å². The Morgan fingerprint density at radius 2 is 1.89 bits per heavy atom. The number of ether oxygens (including phenoxy) is 1. The monoisotopic (exact) mass is 634 g/mol. The molecule has 16 heteroatoms. The first kappa shape index (κ1) is 30.1. The quantitative estimate of drug-likeness (QED) is 0.391. The van der Waals surface area contributed by atoms with E-state index < -0.39 is 39.7 Å². The Labute approximate surface area is 252 Å². The third-order valence-electron chi connectivity index (χ3n) is 8.31. The lowest BCUT2D eigenvalue weighted by atomic mass is 9.99. The summed E-state index contributed by atoms with van der Waals surface area (Å²) in [4.78, 5) is 24.4. The molecule has 1 unspecified atom stereocenters. The van der Waals surface area contributed by atoms with Gasteiger partial charge in [0.15, 0.2) is 10.8 Å². The van der Waals surface area contributed by atoms with Crippen LogP contribution in [0.2, 0.25) is 0 Å². The predicted molar refractivity (Wildman–Crippen MR) is 154 cm³/mol. The van der Waals surface area contributed by atoms with Crippen molar-refractivity contribution >= 4 is 27.6 Å². The maximum absolute atomic E-state index is 13.6. The summed E-state index contributed by atoms with van der Waals surface area (Å²) in [5.74, 6) is 0.0129. The number of rotatable bonds is 4. The van der Waals surface area contributed by atoms with Gasteiger partial charge in [-0.3, -0.25) is 4.79 Å². The molecule has 0 radical (unpaired) electrons. The zero-order valence-electron chi connectivity index (χ0n) is 24.2. The van der Waals surface area contributed by atoms with E-state index in [0.717, 1.165) is 12.8 Å². The van der Waals surface area contributed by atoms with Crippen molar-refractivity contribution in [1.29, 1.82) is 0 Å². The zero-order valence-corrected chi connectivity index (χ0v) is 25.0. The summed E-state index contributed by atoms with van der Waals surface area (Å²) in [6.45, 7) is 5.27. The lowest BCUT2D eigenvalue weighted by molar-refractivity contribution is -0.194. The molecular formula is C28H33F3N8O4S. The first-order valence-electron chi connectivity index (χ1n) is 14.3.